The highest BCUT2D eigenvalue weighted by Crippen LogP contribution is 2.26. The van der Waals surface area contributed by atoms with Crippen LogP contribution in [0.3, 0.4) is 0 Å². The molecule has 132 valence electrons. The lowest BCUT2D eigenvalue weighted by atomic mass is 9.89. The second-order valence-electron chi connectivity index (χ2n) is 7.17. The van der Waals surface area contributed by atoms with Crippen LogP contribution in [0.25, 0.3) is 0 Å². The molecule has 0 saturated carbocycles. The molecule has 1 aromatic rings. The summed E-state index contributed by atoms with van der Waals surface area (Å²) in [7, 11) is 0. The van der Waals surface area contributed by atoms with Gasteiger partial charge in [-0.15, -0.1) is 0 Å². The minimum absolute atomic E-state index is 0.187. The van der Waals surface area contributed by atoms with E-state index in [9.17, 15) is 14.7 Å². The summed E-state index contributed by atoms with van der Waals surface area (Å²) in [5, 5.41) is 14.5. The maximum atomic E-state index is 12.2. The molecule has 2 amide bonds. The van der Waals surface area contributed by atoms with Crippen molar-refractivity contribution < 1.29 is 14.7 Å². The monoisotopic (exact) mass is 332 g/mol. The number of hydrogen-bond acceptors (Lipinski definition) is 3. The zero-order valence-electron chi connectivity index (χ0n) is 14.8. The van der Waals surface area contributed by atoms with Gasteiger partial charge in [0, 0.05) is 0 Å². The van der Waals surface area contributed by atoms with Crippen LogP contribution in [0.15, 0.2) is 18.2 Å². The number of aryl methyl sites for hydroxylation is 2. The van der Waals surface area contributed by atoms with Crippen molar-refractivity contribution in [3.63, 3.8) is 0 Å². The molecule has 0 bridgehead atoms. The van der Waals surface area contributed by atoms with Gasteiger partial charge in [-0.1, -0.05) is 25.1 Å². The van der Waals surface area contributed by atoms with Crippen molar-refractivity contribution in [2.24, 2.45) is 0 Å². The standard InChI is InChI=1S/C19H28N2O3/c1-4-16(20-17(23)18(24)21-19(2,3)12-22)15-10-9-13-7-5-6-8-14(13)11-15/h9-11,16,22H,4-8,12H2,1-3H3,(H,20,23)(H,21,24). The quantitative estimate of drug-likeness (QED) is 0.722. The van der Waals surface area contributed by atoms with E-state index >= 15 is 0 Å². The Morgan fingerprint density at radius 2 is 1.83 bits per heavy atom. The highest BCUT2D eigenvalue weighted by Gasteiger charge is 2.25. The van der Waals surface area contributed by atoms with Crippen LogP contribution in [0, 0.1) is 0 Å². The first-order chi connectivity index (χ1) is 11.4. The van der Waals surface area contributed by atoms with Crippen molar-refractivity contribution in [3.8, 4) is 0 Å². The molecule has 5 nitrogen and oxygen atoms in total. The third kappa shape index (κ3) is 4.57. The van der Waals surface area contributed by atoms with E-state index in [2.05, 4.69) is 22.8 Å². The molecule has 0 aliphatic heterocycles. The molecule has 1 aliphatic rings. The van der Waals surface area contributed by atoms with Crippen LogP contribution >= 0.6 is 0 Å². The fraction of sp³-hybridized carbons (Fsp3) is 0.579. The molecular weight excluding hydrogens is 304 g/mol. The second kappa shape index (κ2) is 7.79. The van der Waals surface area contributed by atoms with Crippen LogP contribution in [-0.2, 0) is 22.4 Å². The summed E-state index contributed by atoms with van der Waals surface area (Å²) in [5.74, 6) is -1.38. The van der Waals surface area contributed by atoms with Crippen LogP contribution in [0.2, 0.25) is 0 Å². The Morgan fingerprint density at radius 3 is 2.46 bits per heavy atom. The molecule has 1 aliphatic carbocycles. The zero-order chi connectivity index (χ0) is 17.7. The van der Waals surface area contributed by atoms with Gasteiger partial charge in [0.05, 0.1) is 18.2 Å². The van der Waals surface area contributed by atoms with Gasteiger partial charge in [-0.05, 0) is 62.6 Å². The number of rotatable bonds is 5. The summed E-state index contributed by atoms with van der Waals surface area (Å²) in [6.07, 6.45) is 5.36. The Bertz CT molecular complexity index is 611. The van der Waals surface area contributed by atoms with Gasteiger partial charge in [-0.25, -0.2) is 0 Å². The number of aliphatic hydroxyl groups is 1. The summed E-state index contributed by atoms with van der Waals surface area (Å²) in [5.41, 5.74) is 2.98. The maximum Gasteiger partial charge on any atom is 0.309 e. The first-order valence-corrected chi connectivity index (χ1v) is 8.72. The molecule has 0 aromatic heterocycles. The minimum Gasteiger partial charge on any atom is -0.394 e. The summed E-state index contributed by atoms with van der Waals surface area (Å²) < 4.78 is 0. The zero-order valence-corrected chi connectivity index (χ0v) is 14.8. The van der Waals surface area contributed by atoms with Gasteiger partial charge in [-0.3, -0.25) is 9.59 Å². The van der Waals surface area contributed by atoms with Crippen LogP contribution in [0.1, 0.15) is 62.8 Å². The molecule has 0 fully saturated rings. The van der Waals surface area contributed by atoms with Gasteiger partial charge in [0.25, 0.3) is 0 Å². The Kier molecular flexibility index (Phi) is 5.99. The number of aliphatic hydroxyl groups excluding tert-OH is 1. The Hall–Kier alpha value is -1.88. The van der Waals surface area contributed by atoms with Crippen molar-refractivity contribution in [2.45, 2.75) is 64.5 Å². The Balaban J connectivity index is 2.06. The van der Waals surface area contributed by atoms with Gasteiger partial charge < -0.3 is 15.7 Å². The minimum atomic E-state index is -0.818. The molecule has 0 heterocycles. The molecule has 5 heteroatoms. The lowest BCUT2D eigenvalue weighted by Gasteiger charge is -2.25. The molecular formula is C19H28N2O3. The van der Waals surface area contributed by atoms with E-state index < -0.39 is 17.4 Å². The normalized spacial score (nSPS) is 15.3. The lowest BCUT2D eigenvalue weighted by Crippen LogP contribution is -2.52. The lowest BCUT2D eigenvalue weighted by molar-refractivity contribution is -0.141. The predicted octanol–water partition coefficient (Wildman–Crippen LogP) is 2.02. The van der Waals surface area contributed by atoms with Crippen molar-refractivity contribution in [3.05, 3.63) is 34.9 Å². The first kappa shape index (κ1) is 18.5. The van der Waals surface area contributed by atoms with E-state index in [1.807, 2.05) is 13.0 Å². The van der Waals surface area contributed by atoms with E-state index in [0.29, 0.717) is 6.42 Å². The number of amides is 2. The van der Waals surface area contributed by atoms with Crippen molar-refractivity contribution >= 4 is 11.8 Å². The highest BCUT2D eigenvalue weighted by atomic mass is 16.3. The summed E-state index contributed by atoms with van der Waals surface area (Å²) in [4.78, 5) is 24.2. The van der Waals surface area contributed by atoms with Gasteiger partial charge in [0.1, 0.15) is 0 Å². The second-order valence-corrected chi connectivity index (χ2v) is 7.17. The van der Waals surface area contributed by atoms with E-state index in [0.717, 1.165) is 18.4 Å². The predicted molar refractivity (Wildman–Crippen MR) is 93.6 cm³/mol. The third-order valence-corrected chi connectivity index (χ3v) is 4.54. The topological polar surface area (TPSA) is 78.4 Å². The molecule has 3 N–H and O–H groups in total. The number of nitrogens with one attached hydrogen (secondary N) is 2. The average molecular weight is 332 g/mol. The van der Waals surface area contributed by atoms with E-state index in [1.165, 1.54) is 24.0 Å². The number of carbonyl (C=O) groups is 2. The largest absolute Gasteiger partial charge is 0.394 e. The van der Waals surface area contributed by atoms with E-state index in [-0.39, 0.29) is 12.6 Å². The maximum absolute atomic E-state index is 12.2. The molecule has 1 atom stereocenters. The van der Waals surface area contributed by atoms with E-state index in [1.54, 1.807) is 13.8 Å². The third-order valence-electron chi connectivity index (χ3n) is 4.54. The molecule has 24 heavy (non-hydrogen) atoms. The molecule has 2 rings (SSSR count). The fourth-order valence-corrected chi connectivity index (χ4v) is 3.02. The summed E-state index contributed by atoms with van der Waals surface area (Å²) in [6, 6.07) is 6.17. The number of fused-ring (bicyclic) bond motifs is 1. The average Bonchev–Trinajstić information content (AvgIpc) is 2.58. The molecule has 0 spiro atoms. The van der Waals surface area contributed by atoms with Crippen molar-refractivity contribution in [2.75, 3.05) is 6.61 Å². The number of carbonyl (C=O) groups excluding carboxylic acids is 2. The van der Waals surface area contributed by atoms with Gasteiger partial charge in [-0.2, -0.15) is 0 Å². The Labute approximate surface area is 143 Å². The first-order valence-electron chi connectivity index (χ1n) is 8.72. The molecule has 1 unspecified atom stereocenters. The van der Waals surface area contributed by atoms with Gasteiger partial charge in [0.2, 0.25) is 0 Å². The number of benzene rings is 1. The van der Waals surface area contributed by atoms with Crippen LogP contribution in [0.5, 0.6) is 0 Å². The van der Waals surface area contributed by atoms with Crippen LogP contribution in [0.4, 0.5) is 0 Å². The van der Waals surface area contributed by atoms with Gasteiger partial charge in [0.15, 0.2) is 0 Å². The molecule has 0 saturated heterocycles. The van der Waals surface area contributed by atoms with Crippen LogP contribution < -0.4 is 10.6 Å². The Morgan fingerprint density at radius 1 is 1.17 bits per heavy atom. The smallest absolute Gasteiger partial charge is 0.309 e. The van der Waals surface area contributed by atoms with Gasteiger partial charge >= 0.3 is 11.8 Å². The molecule has 0 radical (unpaired) electrons. The number of hydrogen-bond donors (Lipinski definition) is 3. The fourth-order valence-electron chi connectivity index (χ4n) is 3.02. The van der Waals surface area contributed by atoms with Crippen molar-refractivity contribution in [1.29, 1.82) is 0 Å². The summed E-state index contributed by atoms with van der Waals surface area (Å²) >= 11 is 0. The SMILES string of the molecule is CCC(NC(=O)C(=O)NC(C)(C)CO)c1ccc2c(c1)CCCC2. The summed E-state index contributed by atoms with van der Waals surface area (Å²) in [6.45, 7) is 5.09. The van der Waals surface area contributed by atoms with E-state index in [4.69, 9.17) is 0 Å². The highest BCUT2D eigenvalue weighted by molar-refractivity contribution is 6.35. The van der Waals surface area contributed by atoms with Crippen molar-refractivity contribution in [1.82, 2.24) is 10.6 Å². The molecule has 1 aromatic carbocycles. The van der Waals surface area contributed by atoms with Crippen LogP contribution in [-0.4, -0.2) is 29.1 Å².